The van der Waals surface area contributed by atoms with Crippen LogP contribution in [0, 0.1) is 0 Å². The molecule has 1 aromatic carbocycles. The summed E-state index contributed by atoms with van der Waals surface area (Å²) >= 11 is 0. The molecule has 1 aromatic heterocycles. The molecule has 8 nitrogen and oxygen atoms in total. The van der Waals surface area contributed by atoms with E-state index >= 15 is 0 Å². The maximum absolute atomic E-state index is 12.9. The fourth-order valence-corrected chi connectivity index (χ4v) is 4.23. The predicted molar refractivity (Wildman–Crippen MR) is 117 cm³/mol. The number of aromatic nitrogens is 2. The number of morpholine rings is 1. The number of nitrogens with zero attached hydrogens (tertiary/aromatic N) is 3. The van der Waals surface area contributed by atoms with Crippen LogP contribution in [0.1, 0.15) is 41.0 Å². The molecule has 1 aliphatic heterocycles. The Morgan fingerprint density at radius 2 is 1.77 bits per heavy atom. The lowest BCUT2D eigenvalue weighted by Gasteiger charge is -2.26. The highest BCUT2D eigenvalue weighted by molar-refractivity contribution is 5.96. The maximum atomic E-state index is 12.9. The zero-order valence-electron chi connectivity index (χ0n) is 17.9. The van der Waals surface area contributed by atoms with Crippen molar-refractivity contribution in [1.29, 1.82) is 0 Å². The number of nitrogens with one attached hydrogen (secondary N) is 2. The van der Waals surface area contributed by atoms with Gasteiger partial charge in [0.2, 0.25) is 5.91 Å². The maximum Gasteiger partial charge on any atom is 0.272 e. The Morgan fingerprint density at radius 1 is 1.00 bits per heavy atom. The fourth-order valence-electron chi connectivity index (χ4n) is 4.23. The van der Waals surface area contributed by atoms with Crippen LogP contribution in [0.2, 0.25) is 0 Å². The molecule has 1 saturated heterocycles. The number of ether oxygens (including phenoxy) is 1. The second-order valence-electron chi connectivity index (χ2n) is 8.07. The summed E-state index contributed by atoms with van der Waals surface area (Å²) in [6.07, 6.45) is 5.05. The Balaban J connectivity index is 1.36. The lowest BCUT2D eigenvalue weighted by Crippen LogP contribution is -2.43. The predicted octanol–water partition coefficient (Wildman–Crippen LogP) is 1.32. The Morgan fingerprint density at radius 3 is 2.58 bits per heavy atom. The molecule has 0 atom stereocenters. The van der Waals surface area contributed by atoms with Gasteiger partial charge in [0.25, 0.3) is 5.91 Å². The lowest BCUT2D eigenvalue weighted by molar-refractivity contribution is -0.120. The van der Waals surface area contributed by atoms with Crippen molar-refractivity contribution < 1.29 is 14.3 Å². The second-order valence-corrected chi connectivity index (χ2v) is 8.07. The summed E-state index contributed by atoms with van der Waals surface area (Å²) in [5.74, 6) is -0.466. The van der Waals surface area contributed by atoms with E-state index in [1.807, 2.05) is 35.0 Å². The molecule has 1 fully saturated rings. The molecule has 2 aromatic rings. The summed E-state index contributed by atoms with van der Waals surface area (Å²) < 4.78 is 7.23. The van der Waals surface area contributed by atoms with Crippen LogP contribution in [-0.2, 0) is 22.4 Å². The first-order valence-electron chi connectivity index (χ1n) is 11.2. The van der Waals surface area contributed by atoms with E-state index in [1.54, 1.807) is 0 Å². The van der Waals surface area contributed by atoms with Crippen LogP contribution < -0.4 is 10.6 Å². The molecule has 8 heteroatoms. The van der Waals surface area contributed by atoms with E-state index < -0.39 is 0 Å². The first-order valence-corrected chi connectivity index (χ1v) is 11.2. The summed E-state index contributed by atoms with van der Waals surface area (Å²) in [6.45, 7) is 4.57. The molecule has 0 bridgehead atoms. The smallest absolute Gasteiger partial charge is 0.272 e. The van der Waals surface area contributed by atoms with Crippen molar-refractivity contribution in [3.63, 3.8) is 0 Å². The Hall–Kier alpha value is -2.71. The monoisotopic (exact) mass is 425 g/mol. The molecule has 0 saturated carbocycles. The van der Waals surface area contributed by atoms with Crippen molar-refractivity contribution in [2.75, 3.05) is 45.9 Å². The standard InChI is InChI=1S/C23H31N5O3/c29-21(24-11-12-27-13-15-31-16-14-27)17-25-23(30)22-19-9-5-2-6-10-20(19)28(26-22)18-7-3-1-4-8-18/h1,3-4,7-8H,2,5-6,9-17H2,(H,24,29)(H,25,30). The van der Waals surface area contributed by atoms with Gasteiger partial charge in [-0.1, -0.05) is 24.6 Å². The van der Waals surface area contributed by atoms with Gasteiger partial charge in [-0.2, -0.15) is 5.10 Å². The van der Waals surface area contributed by atoms with E-state index in [0.29, 0.717) is 12.2 Å². The molecule has 1 aliphatic carbocycles. The van der Waals surface area contributed by atoms with Crippen LogP contribution in [0.4, 0.5) is 0 Å². The number of carbonyl (C=O) groups excluding carboxylic acids is 2. The summed E-state index contributed by atoms with van der Waals surface area (Å²) in [6, 6.07) is 9.92. The molecule has 166 valence electrons. The van der Waals surface area contributed by atoms with Gasteiger partial charge in [0.1, 0.15) is 0 Å². The highest BCUT2D eigenvalue weighted by atomic mass is 16.5. The van der Waals surface area contributed by atoms with Gasteiger partial charge in [0.05, 0.1) is 25.4 Å². The van der Waals surface area contributed by atoms with Gasteiger partial charge in [-0.15, -0.1) is 0 Å². The highest BCUT2D eigenvalue weighted by Crippen LogP contribution is 2.26. The van der Waals surface area contributed by atoms with E-state index in [4.69, 9.17) is 4.74 Å². The molecular formula is C23H31N5O3. The van der Waals surface area contributed by atoms with Crippen molar-refractivity contribution in [3.8, 4) is 5.69 Å². The van der Waals surface area contributed by atoms with E-state index in [-0.39, 0.29) is 18.4 Å². The fraction of sp³-hybridized carbons (Fsp3) is 0.522. The molecule has 0 unspecified atom stereocenters. The third-order valence-electron chi connectivity index (χ3n) is 5.91. The minimum Gasteiger partial charge on any atom is -0.379 e. The summed E-state index contributed by atoms with van der Waals surface area (Å²) in [4.78, 5) is 27.4. The molecule has 31 heavy (non-hydrogen) atoms. The van der Waals surface area contributed by atoms with Gasteiger partial charge >= 0.3 is 0 Å². The van der Waals surface area contributed by atoms with Crippen molar-refractivity contribution in [2.45, 2.75) is 32.1 Å². The summed E-state index contributed by atoms with van der Waals surface area (Å²) in [5, 5.41) is 10.3. The van der Waals surface area contributed by atoms with Gasteiger partial charge < -0.3 is 15.4 Å². The van der Waals surface area contributed by atoms with Crippen molar-refractivity contribution >= 4 is 11.8 Å². The third-order valence-corrected chi connectivity index (χ3v) is 5.91. The number of rotatable bonds is 7. The van der Waals surface area contributed by atoms with Gasteiger partial charge in [-0.3, -0.25) is 14.5 Å². The minimum atomic E-state index is -0.281. The first-order chi connectivity index (χ1) is 15.2. The quantitative estimate of drug-likeness (QED) is 0.654. The van der Waals surface area contributed by atoms with Crippen molar-refractivity contribution in [2.24, 2.45) is 0 Å². The molecule has 2 amide bonds. The Bertz CT molecular complexity index is 890. The zero-order chi connectivity index (χ0) is 21.5. The lowest BCUT2D eigenvalue weighted by atomic mass is 10.1. The van der Waals surface area contributed by atoms with E-state index in [2.05, 4.69) is 20.6 Å². The second kappa shape index (κ2) is 10.5. The van der Waals surface area contributed by atoms with E-state index in [0.717, 1.165) is 81.9 Å². The van der Waals surface area contributed by atoms with Gasteiger partial charge in [0.15, 0.2) is 5.69 Å². The molecule has 0 spiro atoms. The third kappa shape index (κ3) is 5.51. The number of hydrogen-bond donors (Lipinski definition) is 2. The number of para-hydroxylation sites is 1. The number of carbonyl (C=O) groups is 2. The van der Waals surface area contributed by atoms with Gasteiger partial charge in [-0.05, 0) is 37.8 Å². The van der Waals surface area contributed by atoms with Gasteiger partial charge in [0, 0.05) is 37.4 Å². The van der Waals surface area contributed by atoms with Crippen LogP contribution in [0.3, 0.4) is 0 Å². The first kappa shape index (κ1) is 21.5. The number of fused-ring (bicyclic) bond motifs is 1. The summed E-state index contributed by atoms with van der Waals surface area (Å²) in [5.41, 5.74) is 3.54. The molecular weight excluding hydrogens is 394 g/mol. The molecule has 0 radical (unpaired) electrons. The van der Waals surface area contributed by atoms with Crippen LogP contribution in [0.15, 0.2) is 30.3 Å². The van der Waals surface area contributed by atoms with Crippen LogP contribution >= 0.6 is 0 Å². The molecule has 2 heterocycles. The number of benzene rings is 1. The highest BCUT2D eigenvalue weighted by Gasteiger charge is 2.25. The largest absolute Gasteiger partial charge is 0.379 e. The minimum absolute atomic E-state index is 0.0467. The summed E-state index contributed by atoms with van der Waals surface area (Å²) in [7, 11) is 0. The van der Waals surface area contributed by atoms with E-state index in [9.17, 15) is 9.59 Å². The zero-order valence-corrected chi connectivity index (χ0v) is 17.9. The normalized spacial score (nSPS) is 16.9. The number of amides is 2. The van der Waals surface area contributed by atoms with E-state index in [1.165, 1.54) is 0 Å². The molecule has 4 rings (SSSR count). The average Bonchev–Trinajstić information content (AvgIpc) is 2.99. The van der Waals surface area contributed by atoms with Crippen LogP contribution in [-0.4, -0.2) is 72.4 Å². The van der Waals surface area contributed by atoms with Crippen LogP contribution in [0.5, 0.6) is 0 Å². The molecule has 2 aliphatic rings. The molecule has 2 N–H and O–H groups in total. The topological polar surface area (TPSA) is 88.5 Å². The average molecular weight is 426 g/mol. The SMILES string of the molecule is O=C(CNC(=O)c1nn(-c2ccccc2)c2c1CCCCC2)NCCN1CCOCC1. The van der Waals surface area contributed by atoms with Crippen molar-refractivity contribution in [3.05, 3.63) is 47.3 Å². The van der Waals surface area contributed by atoms with Crippen LogP contribution in [0.25, 0.3) is 5.69 Å². The Kier molecular flexibility index (Phi) is 7.32. The Labute approximate surface area is 182 Å². The number of hydrogen-bond acceptors (Lipinski definition) is 5. The van der Waals surface area contributed by atoms with Gasteiger partial charge in [-0.25, -0.2) is 4.68 Å². The van der Waals surface area contributed by atoms with Crippen molar-refractivity contribution in [1.82, 2.24) is 25.3 Å².